The van der Waals surface area contributed by atoms with Crippen molar-refractivity contribution in [2.45, 2.75) is 25.3 Å². The number of hydrogen-bond acceptors (Lipinski definition) is 4. The highest BCUT2D eigenvalue weighted by Gasteiger charge is 2.33. The second-order valence-electron chi connectivity index (χ2n) is 6.70. The van der Waals surface area contributed by atoms with Crippen molar-refractivity contribution in [2.24, 2.45) is 0 Å². The molecule has 4 rings (SSSR count). The van der Waals surface area contributed by atoms with Crippen molar-refractivity contribution in [2.75, 3.05) is 13.7 Å². The normalized spacial score (nSPS) is 16.2. The first-order valence-electron chi connectivity index (χ1n) is 9.07. The van der Waals surface area contributed by atoms with E-state index in [4.69, 9.17) is 4.74 Å². The summed E-state index contributed by atoms with van der Waals surface area (Å²) >= 11 is 0. The minimum Gasteiger partial charge on any atom is -0.497 e. The van der Waals surface area contributed by atoms with E-state index >= 15 is 0 Å². The number of aromatic amines is 1. The van der Waals surface area contributed by atoms with Gasteiger partial charge < -0.3 is 14.6 Å². The summed E-state index contributed by atoms with van der Waals surface area (Å²) in [6.45, 7) is 0.738. The number of nitrogens with zero attached hydrogens (tertiary/aromatic N) is 2. The summed E-state index contributed by atoms with van der Waals surface area (Å²) in [5, 5.41) is 0. The zero-order chi connectivity index (χ0) is 18.8. The van der Waals surface area contributed by atoms with Gasteiger partial charge in [0.25, 0.3) is 5.56 Å². The van der Waals surface area contributed by atoms with Crippen LogP contribution < -0.4 is 10.3 Å². The summed E-state index contributed by atoms with van der Waals surface area (Å²) in [6.07, 6.45) is 1.54. The number of carbonyl (C=O) groups excluding carboxylic acids is 1. The van der Waals surface area contributed by atoms with Crippen LogP contribution in [-0.4, -0.2) is 34.4 Å². The van der Waals surface area contributed by atoms with Crippen molar-refractivity contribution in [3.8, 4) is 5.75 Å². The predicted molar refractivity (Wildman–Crippen MR) is 103 cm³/mol. The van der Waals surface area contributed by atoms with E-state index < -0.39 is 0 Å². The Morgan fingerprint density at radius 2 is 2.11 bits per heavy atom. The molecule has 6 nitrogen and oxygen atoms in total. The van der Waals surface area contributed by atoms with Gasteiger partial charge in [0.2, 0.25) is 5.91 Å². The molecule has 0 saturated carbocycles. The van der Waals surface area contributed by atoms with Gasteiger partial charge in [-0.2, -0.15) is 0 Å². The number of rotatable bonds is 5. The van der Waals surface area contributed by atoms with E-state index in [9.17, 15) is 9.59 Å². The standard InChI is InChI=1S/C21H21N3O3/c1-27-15-6-4-5-14(13-15)19-11-12-24(19)20(25)10-9-18-21(26)23-17-8-3-2-7-16(17)22-18/h2-8,13,19H,9-12H2,1H3,(H,23,26)/t19-/m1/s1. The molecule has 2 heterocycles. The lowest BCUT2D eigenvalue weighted by molar-refractivity contribution is -0.139. The smallest absolute Gasteiger partial charge is 0.270 e. The molecule has 1 atom stereocenters. The Bertz CT molecular complexity index is 1040. The van der Waals surface area contributed by atoms with Crippen LogP contribution in [0, 0.1) is 0 Å². The number of carbonyl (C=O) groups is 1. The van der Waals surface area contributed by atoms with Crippen LogP contribution >= 0.6 is 0 Å². The van der Waals surface area contributed by atoms with Crippen LogP contribution in [0.25, 0.3) is 11.0 Å². The molecule has 6 heteroatoms. The fourth-order valence-corrected chi connectivity index (χ4v) is 3.49. The average molecular weight is 363 g/mol. The number of fused-ring (bicyclic) bond motifs is 1. The second kappa shape index (κ2) is 7.23. The third-order valence-electron chi connectivity index (χ3n) is 5.06. The number of para-hydroxylation sites is 2. The Morgan fingerprint density at radius 3 is 2.89 bits per heavy atom. The SMILES string of the molecule is COc1cccc([C@H]2CCN2C(=O)CCc2nc3ccccc3[nH]c2=O)c1. The Hall–Kier alpha value is -3.15. The van der Waals surface area contributed by atoms with Gasteiger partial charge in [-0.1, -0.05) is 24.3 Å². The van der Waals surface area contributed by atoms with Crippen LogP contribution in [0.15, 0.2) is 53.3 Å². The van der Waals surface area contributed by atoms with Gasteiger partial charge >= 0.3 is 0 Å². The lowest BCUT2D eigenvalue weighted by Gasteiger charge is -2.41. The Kier molecular flexibility index (Phi) is 4.62. The molecule has 0 aliphatic carbocycles. The molecule has 1 aromatic heterocycles. The third-order valence-corrected chi connectivity index (χ3v) is 5.06. The minimum atomic E-state index is -0.227. The predicted octanol–water partition coefficient (Wildman–Crippen LogP) is 2.84. The van der Waals surface area contributed by atoms with Crippen LogP contribution in [0.1, 0.15) is 30.1 Å². The molecule has 1 N–H and O–H groups in total. The van der Waals surface area contributed by atoms with Gasteiger partial charge in [0.1, 0.15) is 11.4 Å². The molecule has 0 bridgehead atoms. The van der Waals surface area contributed by atoms with E-state index in [0.717, 1.165) is 29.8 Å². The molecule has 1 saturated heterocycles. The van der Waals surface area contributed by atoms with Crippen LogP contribution in [0.5, 0.6) is 5.75 Å². The zero-order valence-corrected chi connectivity index (χ0v) is 15.1. The number of hydrogen-bond donors (Lipinski definition) is 1. The number of ether oxygens (including phenoxy) is 1. The van der Waals surface area contributed by atoms with Gasteiger partial charge in [-0.05, 0) is 36.2 Å². The summed E-state index contributed by atoms with van der Waals surface area (Å²) in [5.41, 5.74) is 2.70. The molecule has 1 fully saturated rings. The number of aryl methyl sites for hydroxylation is 1. The fourth-order valence-electron chi connectivity index (χ4n) is 3.49. The molecule has 2 aromatic carbocycles. The van der Waals surface area contributed by atoms with Gasteiger partial charge in [0.05, 0.1) is 24.2 Å². The van der Waals surface area contributed by atoms with Crippen LogP contribution in [0.4, 0.5) is 0 Å². The zero-order valence-electron chi connectivity index (χ0n) is 15.1. The minimum absolute atomic E-state index is 0.0448. The summed E-state index contributed by atoms with van der Waals surface area (Å²) in [4.78, 5) is 34.0. The van der Waals surface area contributed by atoms with Gasteiger partial charge in [-0.25, -0.2) is 4.98 Å². The maximum atomic E-state index is 12.7. The average Bonchev–Trinajstić information content (AvgIpc) is 2.65. The van der Waals surface area contributed by atoms with E-state index in [1.807, 2.05) is 53.4 Å². The van der Waals surface area contributed by atoms with Crippen LogP contribution in [0.3, 0.4) is 0 Å². The Labute approximate surface area is 156 Å². The highest BCUT2D eigenvalue weighted by molar-refractivity contribution is 5.78. The maximum absolute atomic E-state index is 12.7. The quantitative estimate of drug-likeness (QED) is 0.756. The summed E-state index contributed by atoms with van der Waals surface area (Å²) in [5.74, 6) is 0.835. The molecule has 1 aliphatic rings. The number of methoxy groups -OCH3 is 1. The van der Waals surface area contributed by atoms with Crippen molar-refractivity contribution in [1.29, 1.82) is 0 Å². The monoisotopic (exact) mass is 363 g/mol. The number of H-pyrrole nitrogens is 1. The first-order valence-corrected chi connectivity index (χ1v) is 9.07. The molecule has 138 valence electrons. The largest absolute Gasteiger partial charge is 0.497 e. The van der Waals surface area contributed by atoms with E-state index in [1.165, 1.54) is 0 Å². The topological polar surface area (TPSA) is 75.3 Å². The van der Waals surface area contributed by atoms with Gasteiger partial charge in [0.15, 0.2) is 0 Å². The summed E-state index contributed by atoms with van der Waals surface area (Å²) in [6, 6.07) is 15.3. The fraction of sp³-hybridized carbons (Fsp3) is 0.286. The Morgan fingerprint density at radius 1 is 1.26 bits per heavy atom. The van der Waals surface area contributed by atoms with Crippen molar-refractivity contribution < 1.29 is 9.53 Å². The summed E-state index contributed by atoms with van der Waals surface area (Å²) in [7, 11) is 1.64. The van der Waals surface area contributed by atoms with Crippen LogP contribution in [-0.2, 0) is 11.2 Å². The number of nitrogens with one attached hydrogen (secondary N) is 1. The van der Waals surface area contributed by atoms with Gasteiger partial charge in [-0.3, -0.25) is 9.59 Å². The number of benzene rings is 2. The lowest BCUT2D eigenvalue weighted by atomic mass is 9.94. The molecule has 0 unspecified atom stereocenters. The van der Waals surface area contributed by atoms with Crippen molar-refractivity contribution in [3.05, 3.63) is 70.1 Å². The molecule has 1 amide bonds. The molecule has 0 spiro atoms. The van der Waals surface area contributed by atoms with Crippen molar-refractivity contribution in [3.63, 3.8) is 0 Å². The summed E-state index contributed by atoms with van der Waals surface area (Å²) < 4.78 is 5.27. The number of likely N-dealkylation sites (tertiary alicyclic amines) is 1. The van der Waals surface area contributed by atoms with Crippen molar-refractivity contribution in [1.82, 2.24) is 14.9 Å². The molecule has 0 radical (unpaired) electrons. The molecular weight excluding hydrogens is 342 g/mol. The maximum Gasteiger partial charge on any atom is 0.270 e. The molecule has 27 heavy (non-hydrogen) atoms. The molecular formula is C21H21N3O3. The van der Waals surface area contributed by atoms with E-state index in [1.54, 1.807) is 7.11 Å². The van der Waals surface area contributed by atoms with Gasteiger partial charge in [-0.15, -0.1) is 0 Å². The number of amides is 1. The highest BCUT2D eigenvalue weighted by atomic mass is 16.5. The molecule has 1 aliphatic heterocycles. The first kappa shape index (κ1) is 17.3. The number of aromatic nitrogens is 2. The molecule has 3 aromatic rings. The lowest BCUT2D eigenvalue weighted by Crippen LogP contribution is -2.45. The van der Waals surface area contributed by atoms with E-state index in [0.29, 0.717) is 17.6 Å². The van der Waals surface area contributed by atoms with Crippen LogP contribution in [0.2, 0.25) is 0 Å². The third kappa shape index (κ3) is 3.43. The first-order chi connectivity index (χ1) is 13.2. The van der Waals surface area contributed by atoms with E-state index in [-0.39, 0.29) is 23.9 Å². The van der Waals surface area contributed by atoms with E-state index in [2.05, 4.69) is 9.97 Å². The highest BCUT2D eigenvalue weighted by Crippen LogP contribution is 2.35. The van der Waals surface area contributed by atoms with Gasteiger partial charge in [0, 0.05) is 19.4 Å². The second-order valence-corrected chi connectivity index (χ2v) is 6.70. The van der Waals surface area contributed by atoms with Crippen molar-refractivity contribution >= 4 is 16.9 Å². The Balaban J connectivity index is 1.45.